The molecule has 2 fully saturated rings. The highest BCUT2D eigenvalue weighted by Gasteiger charge is 2.34. The summed E-state index contributed by atoms with van der Waals surface area (Å²) in [5.74, 6) is -0.0233. The smallest absolute Gasteiger partial charge is 0.237 e. The molecule has 0 aromatic rings. The Bertz CT molecular complexity index is 277. The number of carbonyl (C=O) groups excluding carboxylic acids is 1. The summed E-state index contributed by atoms with van der Waals surface area (Å²) in [5.41, 5.74) is -0.672. The van der Waals surface area contributed by atoms with E-state index in [1.807, 2.05) is 0 Å². The second-order valence-electron chi connectivity index (χ2n) is 5.20. The Morgan fingerprint density at radius 3 is 2.82 bits per heavy atom. The van der Waals surface area contributed by atoms with Crippen LogP contribution in [-0.4, -0.2) is 49.0 Å². The Morgan fingerprint density at radius 1 is 1.53 bits per heavy atom. The molecule has 2 rings (SSSR count). The molecule has 1 heterocycles. The van der Waals surface area contributed by atoms with E-state index in [-0.39, 0.29) is 18.1 Å². The van der Waals surface area contributed by atoms with Crippen LogP contribution in [0.1, 0.15) is 32.1 Å². The Labute approximate surface area is 102 Å². The van der Waals surface area contributed by atoms with Gasteiger partial charge in [-0.3, -0.25) is 4.79 Å². The highest BCUT2D eigenvalue weighted by molar-refractivity contribution is 5.82. The van der Waals surface area contributed by atoms with Gasteiger partial charge >= 0.3 is 0 Å². The molecule has 1 aliphatic heterocycles. The third-order valence-corrected chi connectivity index (χ3v) is 3.87. The lowest BCUT2D eigenvalue weighted by Crippen LogP contribution is -2.47. The molecular formula is C12H22N2O3. The van der Waals surface area contributed by atoms with Crippen LogP contribution < -0.4 is 10.6 Å². The van der Waals surface area contributed by atoms with Crippen molar-refractivity contribution in [3.05, 3.63) is 0 Å². The number of hydrogen-bond donors (Lipinski definition) is 3. The highest BCUT2D eigenvalue weighted by Crippen LogP contribution is 2.28. The molecule has 17 heavy (non-hydrogen) atoms. The lowest BCUT2D eigenvalue weighted by molar-refractivity contribution is -0.124. The SMILES string of the molecule is COC1CNC(C(=O)NCC2(O)CCCC2)C1. The van der Waals surface area contributed by atoms with Gasteiger partial charge < -0.3 is 20.5 Å². The van der Waals surface area contributed by atoms with Gasteiger partial charge in [0.25, 0.3) is 0 Å². The van der Waals surface area contributed by atoms with Crippen molar-refractivity contribution in [2.45, 2.75) is 49.9 Å². The predicted octanol–water partition coefficient (Wildman–Crippen LogP) is -0.215. The van der Waals surface area contributed by atoms with E-state index in [1.54, 1.807) is 7.11 Å². The van der Waals surface area contributed by atoms with E-state index >= 15 is 0 Å². The van der Waals surface area contributed by atoms with Gasteiger partial charge in [-0.25, -0.2) is 0 Å². The second kappa shape index (κ2) is 5.33. The molecule has 1 saturated carbocycles. The maximum atomic E-state index is 11.9. The van der Waals surface area contributed by atoms with Gasteiger partial charge in [0.2, 0.25) is 5.91 Å². The molecule has 98 valence electrons. The fourth-order valence-corrected chi connectivity index (χ4v) is 2.67. The van der Waals surface area contributed by atoms with Crippen LogP contribution in [-0.2, 0) is 9.53 Å². The Balaban J connectivity index is 1.74. The van der Waals surface area contributed by atoms with Crippen molar-refractivity contribution in [2.24, 2.45) is 0 Å². The van der Waals surface area contributed by atoms with Gasteiger partial charge in [-0.1, -0.05) is 12.8 Å². The molecule has 1 amide bonds. The van der Waals surface area contributed by atoms with Crippen LogP contribution in [0.3, 0.4) is 0 Å². The van der Waals surface area contributed by atoms with Crippen molar-refractivity contribution >= 4 is 5.91 Å². The van der Waals surface area contributed by atoms with Crippen LogP contribution in [0.15, 0.2) is 0 Å². The first-order valence-corrected chi connectivity index (χ1v) is 6.39. The van der Waals surface area contributed by atoms with E-state index in [9.17, 15) is 9.90 Å². The molecule has 5 heteroatoms. The number of aliphatic hydroxyl groups is 1. The van der Waals surface area contributed by atoms with E-state index in [0.717, 1.165) is 32.2 Å². The average molecular weight is 242 g/mol. The van der Waals surface area contributed by atoms with Crippen molar-refractivity contribution in [3.63, 3.8) is 0 Å². The lowest BCUT2D eigenvalue weighted by atomic mass is 10.0. The Hall–Kier alpha value is -0.650. The predicted molar refractivity (Wildman–Crippen MR) is 63.6 cm³/mol. The van der Waals surface area contributed by atoms with Crippen molar-refractivity contribution in [1.29, 1.82) is 0 Å². The minimum Gasteiger partial charge on any atom is -0.388 e. The zero-order valence-electron chi connectivity index (χ0n) is 10.4. The molecule has 0 aromatic carbocycles. The second-order valence-corrected chi connectivity index (χ2v) is 5.20. The van der Waals surface area contributed by atoms with Crippen LogP contribution >= 0.6 is 0 Å². The van der Waals surface area contributed by atoms with Gasteiger partial charge in [0.1, 0.15) is 0 Å². The standard InChI is InChI=1S/C12H22N2O3/c1-17-9-6-10(13-7-9)11(15)14-8-12(16)4-2-3-5-12/h9-10,13,16H,2-8H2,1H3,(H,14,15). The summed E-state index contributed by atoms with van der Waals surface area (Å²) in [6.07, 6.45) is 4.54. The highest BCUT2D eigenvalue weighted by atomic mass is 16.5. The Morgan fingerprint density at radius 2 is 2.24 bits per heavy atom. The number of methoxy groups -OCH3 is 1. The van der Waals surface area contributed by atoms with Gasteiger partial charge in [0, 0.05) is 20.2 Å². The number of amides is 1. The van der Waals surface area contributed by atoms with E-state index in [2.05, 4.69) is 10.6 Å². The molecular weight excluding hydrogens is 220 g/mol. The van der Waals surface area contributed by atoms with Crippen molar-refractivity contribution in [3.8, 4) is 0 Å². The fraction of sp³-hybridized carbons (Fsp3) is 0.917. The van der Waals surface area contributed by atoms with Crippen LogP contribution in [0.4, 0.5) is 0 Å². The quantitative estimate of drug-likeness (QED) is 0.637. The topological polar surface area (TPSA) is 70.6 Å². The molecule has 1 aliphatic carbocycles. The average Bonchev–Trinajstić information content (AvgIpc) is 2.95. The van der Waals surface area contributed by atoms with Crippen molar-refractivity contribution < 1.29 is 14.6 Å². The summed E-state index contributed by atoms with van der Waals surface area (Å²) in [6.45, 7) is 1.10. The van der Waals surface area contributed by atoms with E-state index in [4.69, 9.17) is 4.74 Å². The third-order valence-electron chi connectivity index (χ3n) is 3.87. The monoisotopic (exact) mass is 242 g/mol. The molecule has 0 radical (unpaired) electrons. The van der Waals surface area contributed by atoms with Gasteiger partial charge in [-0.15, -0.1) is 0 Å². The molecule has 2 atom stereocenters. The molecule has 5 nitrogen and oxygen atoms in total. The lowest BCUT2D eigenvalue weighted by Gasteiger charge is -2.23. The molecule has 2 unspecified atom stereocenters. The number of ether oxygens (including phenoxy) is 1. The largest absolute Gasteiger partial charge is 0.388 e. The minimum atomic E-state index is -0.672. The molecule has 2 aliphatic rings. The zero-order valence-corrected chi connectivity index (χ0v) is 10.4. The zero-order chi connectivity index (χ0) is 12.3. The molecule has 0 bridgehead atoms. The summed E-state index contributed by atoms with van der Waals surface area (Å²) in [5, 5.41) is 16.1. The van der Waals surface area contributed by atoms with Crippen molar-refractivity contribution in [1.82, 2.24) is 10.6 Å². The molecule has 0 aromatic heterocycles. The fourth-order valence-electron chi connectivity index (χ4n) is 2.67. The maximum Gasteiger partial charge on any atom is 0.237 e. The molecule has 3 N–H and O–H groups in total. The summed E-state index contributed by atoms with van der Waals surface area (Å²) in [4.78, 5) is 11.9. The first-order valence-electron chi connectivity index (χ1n) is 6.39. The van der Waals surface area contributed by atoms with Gasteiger partial charge in [0.15, 0.2) is 0 Å². The van der Waals surface area contributed by atoms with Crippen LogP contribution in [0, 0.1) is 0 Å². The summed E-state index contributed by atoms with van der Waals surface area (Å²) in [6, 6.07) is -0.176. The normalized spacial score (nSPS) is 31.6. The summed E-state index contributed by atoms with van der Waals surface area (Å²) >= 11 is 0. The minimum absolute atomic E-state index is 0.0233. The molecule has 1 saturated heterocycles. The van der Waals surface area contributed by atoms with E-state index in [0.29, 0.717) is 13.0 Å². The van der Waals surface area contributed by atoms with E-state index in [1.165, 1.54) is 0 Å². The maximum absolute atomic E-state index is 11.9. The first-order chi connectivity index (χ1) is 8.13. The van der Waals surface area contributed by atoms with Gasteiger partial charge in [0.05, 0.1) is 17.7 Å². The van der Waals surface area contributed by atoms with E-state index < -0.39 is 5.60 Å². The number of nitrogens with one attached hydrogen (secondary N) is 2. The van der Waals surface area contributed by atoms with Crippen LogP contribution in [0.5, 0.6) is 0 Å². The molecule has 0 spiro atoms. The number of rotatable bonds is 4. The summed E-state index contributed by atoms with van der Waals surface area (Å²) in [7, 11) is 1.66. The van der Waals surface area contributed by atoms with Crippen molar-refractivity contribution in [2.75, 3.05) is 20.2 Å². The number of carbonyl (C=O) groups is 1. The van der Waals surface area contributed by atoms with Gasteiger partial charge in [-0.05, 0) is 19.3 Å². The Kier molecular flexibility index (Phi) is 4.01. The first kappa shape index (κ1) is 12.8. The van der Waals surface area contributed by atoms with Crippen LogP contribution in [0.2, 0.25) is 0 Å². The van der Waals surface area contributed by atoms with Crippen LogP contribution in [0.25, 0.3) is 0 Å². The summed E-state index contributed by atoms with van der Waals surface area (Å²) < 4.78 is 5.20. The number of hydrogen-bond acceptors (Lipinski definition) is 4. The van der Waals surface area contributed by atoms with Gasteiger partial charge in [-0.2, -0.15) is 0 Å². The third kappa shape index (κ3) is 3.18.